The summed E-state index contributed by atoms with van der Waals surface area (Å²) in [6.07, 6.45) is -2.77. The van der Waals surface area contributed by atoms with E-state index in [2.05, 4.69) is 4.74 Å². The summed E-state index contributed by atoms with van der Waals surface area (Å²) in [4.78, 5) is 0. The predicted octanol–water partition coefficient (Wildman–Crippen LogP) is 4.51. The molecule has 0 saturated heterocycles. The molecule has 0 radical (unpaired) electrons. The first-order valence-corrected chi connectivity index (χ1v) is 6.05. The Bertz CT molecular complexity index is 312. The van der Waals surface area contributed by atoms with Crippen molar-refractivity contribution in [2.75, 3.05) is 6.61 Å². The Morgan fingerprint density at radius 2 is 1.40 bits per heavy atom. The van der Waals surface area contributed by atoms with Gasteiger partial charge in [0.25, 0.3) is 0 Å². The van der Waals surface area contributed by atoms with Crippen LogP contribution in [0.2, 0.25) is 0 Å². The first kappa shape index (κ1) is 17.5. The van der Waals surface area contributed by atoms with Gasteiger partial charge >= 0.3 is 24.2 Å². The second-order valence-electron chi connectivity index (χ2n) is 4.77. The van der Waals surface area contributed by atoms with Crippen molar-refractivity contribution in [2.24, 2.45) is 0 Å². The zero-order valence-corrected chi connectivity index (χ0v) is 10.3. The van der Waals surface area contributed by atoms with Crippen LogP contribution in [0.25, 0.3) is 0 Å². The molecule has 1 fully saturated rings. The highest BCUT2D eigenvalue weighted by atomic mass is 19.4. The van der Waals surface area contributed by atoms with Gasteiger partial charge in [-0.3, -0.25) is 0 Å². The molecule has 0 atom stereocenters. The molecule has 1 nitrogen and oxygen atoms in total. The van der Waals surface area contributed by atoms with Gasteiger partial charge in [-0.1, -0.05) is 19.3 Å². The fraction of sp³-hybridized carbons (Fsp3) is 1.00. The van der Waals surface area contributed by atoms with Crippen LogP contribution in [0.3, 0.4) is 0 Å². The molecule has 9 heteroatoms. The predicted molar refractivity (Wildman–Crippen MR) is 53.7 cm³/mol. The summed E-state index contributed by atoms with van der Waals surface area (Å²) < 4.78 is 105. The topological polar surface area (TPSA) is 9.23 Å². The van der Waals surface area contributed by atoms with Crippen molar-refractivity contribution in [3.8, 4) is 0 Å². The Hall–Kier alpha value is -0.600. The molecule has 0 aromatic carbocycles. The number of rotatable bonds is 6. The van der Waals surface area contributed by atoms with Crippen molar-refractivity contribution in [1.82, 2.24) is 0 Å². The van der Waals surface area contributed by atoms with Gasteiger partial charge in [0.1, 0.15) is 6.61 Å². The lowest BCUT2D eigenvalue weighted by Crippen LogP contribution is -2.59. The van der Waals surface area contributed by atoms with Crippen LogP contribution in [0.5, 0.6) is 0 Å². The summed E-state index contributed by atoms with van der Waals surface area (Å²) in [5, 5.41) is 0. The lowest BCUT2D eigenvalue weighted by molar-refractivity contribution is -0.347. The molecule has 0 heterocycles. The van der Waals surface area contributed by atoms with E-state index >= 15 is 0 Å². The smallest absolute Gasteiger partial charge is 0.372 e. The Labute approximate surface area is 110 Å². The summed E-state index contributed by atoms with van der Waals surface area (Å²) in [5.74, 6) is -17.7. The van der Waals surface area contributed by atoms with E-state index in [4.69, 9.17) is 0 Å². The molecule has 1 rings (SSSR count). The number of ether oxygens (including phenoxy) is 1. The van der Waals surface area contributed by atoms with E-state index in [0.29, 0.717) is 25.7 Å². The normalized spacial score (nSPS) is 19.6. The highest BCUT2D eigenvalue weighted by Gasteiger charge is 2.75. The molecule has 0 aliphatic heterocycles. The van der Waals surface area contributed by atoms with Gasteiger partial charge in [0, 0.05) is 0 Å². The van der Waals surface area contributed by atoms with Crippen molar-refractivity contribution >= 4 is 0 Å². The zero-order valence-electron chi connectivity index (χ0n) is 10.3. The largest absolute Gasteiger partial charge is 0.380 e. The molecule has 20 heavy (non-hydrogen) atoms. The van der Waals surface area contributed by atoms with Gasteiger partial charge in [-0.15, -0.1) is 0 Å². The Balaban J connectivity index is 2.70. The van der Waals surface area contributed by atoms with Crippen molar-refractivity contribution in [1.29, 1.82) is 0 Å². The van der Waals surface area contributed by atoms with Gasteiger partial charge in [0.2, 0.25) is 0 Å². The van der Waals surface area contributed by atoms with Crippen LogP contribution in [0.4, 0.5) is 35.1 Å². The van der Waals surface area contributed by atoms with E-state index in [9.17, 15) is 35.1 Å². The van der Waals surface area contributed by atoms with Crippen LogP contribution in [-0.2, 0) is 4.74 Å². The Morgan fingerprint density at radius 3 is 1.85 bits per heavy atom. The molecule has 1 saturated carbocycles. The molecule has 120 valence electrons. The summed E-state index contributed by atoms with van der Waals surface area (Å²) in [6, 6.07) is 0. The van der Waals surface area contributed by atoms with Crippen LogP contribution in [0, 0.1) is 0 Å². The van der Waals surface area contributed by atoms with E-state index in [1.807, 2.05) is 0 Å². The monoisotopic (exact) mass is 314 g/mol. The molecule has 0 amide bonds. The quantitative estimate of drug-likeness (QED) is 0.656. The standard InChI is InChI=1S/C11H14F8O/c12-8(13)10(16,17)11(18,19)9(14,15)6-20-7-4-2-1-3-5-7/h7-8H,1-6H2. The number of halogens is 8. The fourth-order valence-corrected chi connectivity index (χ4v) is 1.93. The maximum atomic E-state index is 13.1. The van der Waals surface area contributed by atoms with E-state index < -0.39 is 36.9 Å². The van der Waals surface area contributed by atoms with Crippen molar-refractivity contribution < 1.29 is 39.9 Å². The van der Waals surface area contributed by atoms with E-state index in [1.54, 1.807) is 0 Å². The average molecular weight is 314 g/mol. The van der Waals surface area contributed by atoms with Gasteiger partial charge in [-0.2, -0.15) is 26.3 Å². The van der Waals surface area contributed by atoms with Crippen molar-refractivity contribution in [2.45, 2.75) is 62.4 Å². The molecule has 0 aromatic heterocycles. The molecule has 0 aromatic rings. The molecule has 1 aliphatic carbocycles. The third-order valence-electron chi connectivity index (χ3n) is 3.20. The molecule has 0 bridgehead atoms. The molecule has 0 unspecified atom stereocenters. The van der Waals surface area contributed by atoms with Crippen LogP contribution in [0.15, 0.2) is 0 Å². The highest BCUT2D eigenvalue weighted by Crippen LogP contribution is 2.48. The summed E-state index contributed by atoms with van der Waals surface area (Å²) in [5.41, 5.74) is 0. The van der Waals surface area contributed by atoms with Gasteiger partial charge < -0.3 is 4.74 Å². The zero-order chi connectivity index (χ0) is 15.6. The minimum absolute atomic E-state index is 0.354. The van der Waals surface area contributed by atoms with Gasteiger partial charge in [0.15, 0.2) is 0 Å². The third kappa shape index (κ3) is 3.35. The van der Waals surface area contributed by atoms with Gasteiger partial charge in [-0.05, 0) is 12.8 Å². The van der Waals surface area contributed by atoms with Gasteiger partial charge in [-0.25, -0.2) is 8.78 Å². The van der Waals surface area contributed by atoms with Crippen LogP contribution < -0.4 is 0 Å². The molecular weight excluding hydrogens is 300 g/mol. The van der Waals surface area contributed by atoms with E-state index in [1.165, 1.54) is 0 Å². The maximum absolute atomic E-state index is 13.1. The van der Waals surface area contributed by atoms with Crippen LogP contribution in [-0.4, -0.2) is 36.9 Å². The summed E-state index contributed by atoms with van der Waals surface area (Å²) >= 11 is 0. The second-order valence-corrected chi connectivity index (χ2v) is 4.77. The minimum atomic E-state index is -6.18. The number of hydrogen-bond donors (Lipinski definition) is 0. The Kier molecular flexibility index (Phi) is 5.26. The number of alkyl halides is 8. The SMILES string of the molecule is FC(F)C(F)(F)C(F)(F)C(F)(F)COC1CCCCC1. The third-order valence-corrected chi connectivity index (χ3v) is 3.20. The van der Waals surface area contributed by atoms with Crippen LogP contribution >= 0.6 is 0 Å². The van der Waals surface area contributed by atoms with E-state index in [0.717, 1.165) is 6.42 Å². The molecular formula is C11H14F8O. The highest BCUT2D eigenvalue weighted by molar-refractivity contribution is 4.98. The molecule has 0 spiro atoms. The first-order chi connectivity index (χ1) is 9.02. The summed E-state index contributed by atoms with van der Waals surface area (Å²) in [6.45, 7) is -2.01. The fourth-order valence-electron chi connectivity index (χ4n) is 1.93. The maximum Gasteiger partial charge on any atom is 0.380 e. The average Bonchev–Trinajstić information content (AvgIpc) is 2.37. The summed E-state index contributed by atoms with van der Waals surface area (Å²) in [7, 11) is 0. The molecule has 1 aliphatic rings. The van der Waals surface area contributed by atoms with Crippen molar-refractivity contribution in [3.05, 3.63) is 0 Å². The lowest BCUT2D eigenvalue weighted by Gasteiger charge is -2.33. The van der Waals surface area contributed by atoms with Crippen LogP contribution in [0.1, 0.15) is 32.1 Å². The lowest BCUT2D eigenvalue weighted by atomic mass is 9.97. The van der Waals surface area contributed by atoms with Gasteiger partial charge in [0.05, 0.1) is 6.10 Å². The number of hydrogen-bond acceptors (Lipinski definition) is 1. The van der Waals surface area contributed by atoms with E-state index in [-0.39, 0.29) is 0 Å². The molecule has 0 N–H and O–H groups in total. The first-order valence-electron chi connectivity index (χ1n) is 6.05. The Morgan fingerprint density at radius 1 is 0.900 bits per heavy atom. The van der Waals surface area contributed by atoms with Crippen molar-refractivity contribution in [3.63, 3.8) is 0 Å². The minimum Gasteiger partial charge on any atom is -0.372 e. The second kappa shape index (κ2) is 6.03.